The lowest BCUT2D eigenvalue weighted by molar-refractivity contribution is -0.122. The number of nitrogens with one attached hydrogen (secondary N) is 1. The van der Waals surface area contributed by atoms with Gasteiger partial charge in [0.15, 0.2) is 6.10 Å². The first-order valence-corrected chi connectivity index (χ1v) is 9.51. The first-order chi connectivity index (χ1) is 13.4. The maximum atomic E-state index is 12.4. The van der Waals surface area contributed by atoms with Gasteiger partial charge in [0.25, 0.3) is 5.91 Å². The smallest absolute Gasteiger partial charge is 0.322 e. The second-order valence-corrected chi connectivity index (χ2v) is 7.18. The molecule has 28 heavy (non-hydrogen) atoms. The molecule has 6 nitrogen and oxygen atoms in total. The van der Waals surface area contributed by atoms with Crippen molar-refractivity contribution in [2.45, 2.75) is 26.9 Å². The zero-order chi connectivity index (χ0) is 20.1. The minimum atomic E-state index is -0.659. The number of ether oxygens (including phenoxy) is 2. The third-order valence-electron chi connectivity index (χ3n) is 3.77. The number of nitrogens with zero attached hydrogens (tertiary/aromatic N) is 2. The monoisotopic (exact) mass is 441 g/mol. The molecule has 1 aromatic heterocycles. The summed E-state index contributed by atoms with van der Waals surface area (Å²) in [7, 11) is 0. The van der Waals surface area contributed by atoms with Crippen molar-refractivity contribution < 1.29 is 14.3 Å². The van der Waals surface area contributed by atoms with Crippen molar-refractivity contribution in [2.24, 2.45) is 0 Å². The molecule has 0 radical (unpaired) electrons. The molecule has 1 heterocycles. The van der Waals surface area contributed by atoms with E-state index in [-0.39, 0.29) is 11.9 Å². The number of halogens is 1. The molecule has 0 aliphatic heterocycles. The summed E-state index contributed by atoms with van der Waals surface area (Å²) in [6.07, 6.45) is -0.659. The van der Waals surface area contributed by atoms with E-state index >= 15 is 0 Å². The van der Waals surface area contributed by atoms with Gasteiger partial charge in [0.1, 0.15) is 11.5 Å². The summed E-state index contributed by atoms with van der Waals surface area (Å²) in [5.41, 5.74) is 2.25. The number of aryl methyl sites for hydroxylation is 2. The van der Waals surface area contributed by atoms with Crippen LogP contribution in [0, 0.1) is 13.8 Å². The van der Waals surface area contributed by atoms with Crippen LogP contribution in [0.25, 0.3) is 0 Å². The predicted molar refractivity (Wildman–Crippen MR) is 111 cm³/mol. The fraction of sp³-hybridized carbons (Fsp3) is 0.190. The van der Waals surface area contributed by atoms with Crippen molar-refractivity contribution in [2.75, 3.05) is 5.32 Å². The zero-order valence-corrected chi connectivity index (χ0v) is 17.4. The molecule has 2 aromatic carbocycles. The molecule has 0 unspecified atom stereocenters. The number of hydrogen-bond donors (Lipinski definition) is 1. The van der Waals surface area contributed by atoms with E-state index in [1.54, 1.807) is 43.3 Å². The second-order valence-electron chi connectivity index (χ2n) is 6.27. The summed E-state index contributed by atoms with van der Waals surface area (Å²) in [6, 6.07) is 16.5. The normalized spacial score (nSPS) is 11.6. The van der Waals surface area contributed by atoms with Crippen LogP contribution in [0.15, 0.2) is 59.1 Å². The van der Waals surface area contributed by atoms with E-state index in [1.807, 2.05) is 32.0 Å². The van der Waals surface area contributed by atoms with Gasteiger partial charge in [-0.15, -0.1) is 0 Å². The topological polar surface area (TPSA) is 73.3 Å². The van der Waals surface area contributed by atoms with Crippen molar-refractivity contribution in [1.29, 1.82) is 0 Å². The maximum Gasteiger partial charge on any atom is 0.322 e. The lowest BCUT2D eigenvalue weighted by Gasteiger charge is -2.15. The molecule has 1 atom stereocenters. The molecule has 3 rings (SSSR count). The summed E-state index contributed by atoms with van der Waals surface area (Å²) < 4.78 is 12.3. The zero-order valence-electron chi connectivity index (χ0n) is 15.8. The van der Waals surface area contributed by atoms with E-state index in [1.165, 1.54) is 0 Å². The van der Waals surface area contributed by atoms with Crippen molar-refractivity contribution in [3.05, 3.63) is 70.5 Å². The molecule has 0 spiro atoms. The van der Waals surface area contributed by atoms with E-state index in [4.69, 9.17) is 9.47 Å². The molecule has 0 fully saturated rings. The molecule has 7 heteroatoms. The van der Waals surface area contributed by atoms with Crippen LogP contribution in [0.4, 0.5) is 5.69 Å². The molecule has 0 aliphatic rings. The van der Waals surface area contributed by atoms with Gasteiger partial charge >= 0.3 is 6.01 Å². The summed E-state index contributed by atoms with van der Waals surface area (Å²) in [5.74, 6) is 0.891. The Morgan fingerprint density at radius 2 is 1.68 bits per heavy atom. The minimum absolute atomic E-state index is 0.261. The number of benzene rings is 2. The number of rotatable bonds is 6. The Kier molecular flexibility index (Phi) is 6.26. The van der Waals surface area contributed by atoms with E-state index in [2.05, 4.69) is 31.2 Å². The van der Waals surface area contributed by atoms with Crippen LogP contribution in [0.1, 0.15) is 18.3 Å². The van der Waals surface area contributed by atoms with Crippen molar-refractivity contribution >= 4 is 27.5 Å². The van der Waals surface area contributed by atoms with Crippen LogP contribution in [-0.4, -0.2) is 22.0 Å². The summed E-state index contributed by atoms with van der Waals surface area (Å²) >= 11 is 3.37. The Labute approximate surface area is 172 Å². The Morgan fingerprint density at radius 1 is 1.00 bits per heavy atom. The molecule has 1 N–H and O–H groups in total. The number of amides is 1. The highest BCUT2D eigenvalue weighted by Crippen LogP contribution is 2.23. The number of carbonyl (C=O) groups excluding carboxylic acids is 1. The van der Waals surface area contributed by atoms with Gasteiger partial charge in [-0.05, 0) is 63.2 Å². The van der Waals surface area contributed by atoms with Gasteiger partial charge in [-0.2, -0.15) is 0 Å². The number of anilines is 1. The molecule has 0 saturated carbocycles. The highest BCUT2D eigenvalue weighted by molar-refractivity contribution is 9.10. The molecular formula is C21H20BrN3O3. The van der Waals surface area contributed by atoms with Crippen LogP contribution in [0.3, 0.4) is 0 Å². The molecule has 144 valence electrons. The Morgan fingerprint density at radius 3 is 2.36 bits per heavy atom. The average Bonchev–Trinajstić information content (AvgIpc) is 2.63. The molecule has 0 bridgehead atoms. The van der Waals surface area contributed by atoms with Gasteiger partial charge in [0.05, 0.1) is 0 Å². The fourth-order valence-electron chi connectivity index (χ4n) is 2.50. The SMILES string of the molecule is Cc1cc(C)nc(Oc2cccc(NC(=O)[C@H](C)Oc3ccc(Br)cc3)c2)n1. The van der Waals surface area contributed by atoms with Gasteiger partial charge < -0.3 is 14.8 Å². The van der Waals surface area contributed by atoms with Gasteiger partial charge in [-0.3, -0.25) is 4.79 Å². The van der Waals surface area contributed by atoms with E-state index in [9.17, 15) is 4.79 Å². The Hall–Kier alpha value is -2.93. The van der Waals surface area contributed by atoms with Crippen molar-refractivity contribution in [1.82, 2.24) is 9.97 Å². The van der Waals surface area contributed by atoms with Crippen LogP contribution in [0.2, 0.25) is 0 Å². The highest BCUT2D eigenvalue weighted by atomic mass is 79.9. The fourth-order valence-corrected chi connectivity index (χ4v) is 2.76. The summed E-state index contributed by atoms with van der Waals surface area (Å²) in [4.78, 5) is 20.9. The summed E-state index contributed by atoms with van der Waals surface area (Å²) in [6.45, 7) is 5.46. The maximum absolute atomic E-state index is 12.4. The number of hydrogen-bond acceptors (Lipinski definition) is 5. The first kappa shape index (κ1) is 19.8. The van der Waals surface area contributed by atoms with Crippen LogP contribution in [-0.2, 0) is 4.79 Å². The standard InChI is InChI=1S/C21H20BrN3O3/c1-13-11-14(2)24-21(23-13)28-19-6-4-5-17(12-19)25-20(26)15(3)27-18-9-7-16(22)8-10-18/h4-12,15H,1-3H3,(H,25,26)/t15-/m0/s1. The molecule has 1 amide bonds. The van der Waals surface area contributed by atoms with Crippen LogP contribution in [0.5, 0.6) is 17.5 Å². The van der Waals surface area contributed by atoms with E-state index in [0.29, 0.717) is 17.2 Å². The molecular weight excluding hydrogens is 422 g/mol. The van der Waals surface area contributed by atoms with Gasteiger partial charge in [0.2, 0.25) is 0 Å². The highest BCUT2D eigenvalue weighted by Gasteiger charge is 2.15. The number of aromatic nitrogens is 2. The molecule has 0 aliphatic carbocycles. The van der Waals surface area contributed by atoms with Gasteiger partial charge in [-0.25, -0.2) is 9.97 Å². The lowest BCUT2D eigenvalue weighted by Crippen LogP contribution is -2.30. The lowest BCUT2D eigenvalue weighted by atomic mass is 10.2. The third-order valence-corrected chi connectivity index (χ3v) is 4.30. The van der Waals surface area contributed by atoms with Crippen molar-refractivity contribution in [3.63, 3.8) is 0 Å². The molecule has 3 aromatic rings. The number of carbonyl (C=O) groups is 1. The predicted octanol–water partition coefficient (Wildman–Crippen LogP) is 5.05. The van der Waals surface area contributed by atoms with Gasteiger partial charge in [-0.1, -0.05) is 22.0 Å². The summed E-state index contributed by atoms with van der Waals surface area (Å²) in [5, 5.41) is 2.83. The van der Waals surface area contributed by atoms with Crippen molar-refractivity contribution in [3.8, 4) is 17.5 Å². The first-order valence-electron chi connectivity index (χ1n) is 8.72. The third kappa shape index (κ3) is 5.53. The van der Waals surface area contributed by atoms with E-state index in [0.717, 1.165) is 15.9 Å². The largest absolute Gasteiger partial charge is 0.481 e. The van der Waals surface area contributed by atoms with Gasteiger partial charge in [0, 0.05) is 27.6 Å². The second kappa shape index (κ2) is 8.84. The quantitative estimate of drug-likeness (QED) is 0.578. The van der Waals surface area contributed by atoms with Crippen LogP contribution < -0.4 is 14.8 Å². The molecule has 0 saturated heterocycles. The average molecular weight is 442 g/mol. The Bertz CT molecular complexity index is 957. The minimum Gasteiger partial charge on any atom is -0.481 e. The van der Waals surface area contributed by atoms with Crippen LogP contribution >= 0.6 is 15.9 Å². The van der Waals surface area contributed by atoms with E-state index < -0.39 is 6.10 Å². The Balaban J connectivity index is 1.64.